The third-order valence-corrected chi connectivity index (χ3v) is 7.11. The Morgan fingerprint density at radius 2 is 1.51 bits per heavy atom. The van der Waals surface area contributed by atoms with Gasteiger partial charge in [-0.15, -0.1) is 12.4 Å². The van der Waals surface area contributed by atoms with Crippen LogP contribution in [0.2, 0.25) is 0 Å². The monoisotopic (exact) mass is 506 g/mol. The van der Waals surface area contributed by atoms with E-state index < -0.39 is 17.4 Å². The van der Waals surface area contributed by atoms with Crippen molar-refractivity contribution >= 4 is 24.1 Å². The maximum Gasteiger partial charge on any atom is 0.412 e. The van der Waals surface area contributed by atoms with E-state index in [2.05, 4.69) is 11.0 Å². The van der Waals surface area contributed by atoms with E-state index in [9.17, 15) is 18.7 Å². The Morgan fingerprint density at radius 1 is 1.00 bits per heavy atom. The lowest BCUT2D eigenvalue weighted by Gasteiger charge is -2.44. The summed E-state index contributed by atoms with van der Waals surface area (Å²) in [6, 6.07) is 12.6. The van der Waals surface area contributed by atoms with Crippen molar-refractivity contribution in [3.63, 3.8) is 0 Å². The molecule has 0 bridgehead atoms. The number of ether oxygens (including phenoxy) is 1. The Bertz CT molecular complexity index is 986. The number of carbonyl (C=O) groups is 1. The molecule has 5 nitrogen and oxygen atoms in total. The standard InChI is InChI=1S/C27H32F2N2O3.ClH/c1-3-16-31-25(32)34-27(26(31,2)33)14-18-30(19-15-27)17-4-5-24(20-6-10-22(28)11-7-20)21-8-12-23(29)13-9-21;/h5-13,33H,3-4,14-19H2,1-2H3;1H. The molecule has 35 heavy (non-hydrogen) atoms. The van der Waals surface area contributed by atoms with Crippen LogP contribution in [0.15, 0.2) is 54.6 Å². The molecule has 1 spiro atoms. The zero-order valence-electron chi connectivity index (χ0n) is 20.2. The molecule has 2 aromatic rings. The van der Waals surface area contributed by atoms with Crippen molar-refractivity contribution in [2.75, 3.05) is 26.2 Å². The molecule has 190 valence electrons. The van der Waals surface area contributed by atoms with Gasteiger partial charge in [0.25, 0.3) is 0 Å². The van der Waals surface area contributed by atoms with Gasteiger partial charge in [-0.25, -0.2) is 13.6 Å². The van der Waals surface area contributed by atoms with E-state index in [4.69, 9.17) is 4.74 Å². The Hall–Kier alpha value is -2.48. The second kappa shape index (κ2) is 11.1. The second-order valence-corrected chi connectivity index (χ2v) is 9.30. The molecule has 1 unspecified atom stereocenters. The molecule has 1 amide bonds. The number of hydrogen-bond acceptors (Lipinski definition) is 4. The molecule has 1 atom stereocenters. The number of piperidine rings is 1. The summed E-state index contributed by atoms with van der Waals surface area (Å²) in [6.45, 7) is 6.33. The van der Waals surface area contributed by atoms with E-state index in [0.29, 0.717) is 32.5 Å². The summed E-state index contributed by atoms with van der Waals surface area (Å²) in [5.41, 5.74) is 0.478. The highest BCUT2D eigenvalue weighted by molar-refractivity contribution is 5.85. The molecule has 2 fully saturated rings. The lowest BCUT2D eigenvalue weighted by Crippen LogP contribution is -2.60. The summed E-state index contributed by atoms with van der Waals surface area (Å²) >= 11 is 0. The van der Waals surface area contributed by atoms with Gasteiger partial charge >= 0.3 is 6.09 Å². The van der Waals surface area contributed by atoms with E-state index in [0.717, 1.165) is 36.1 Å². The van der Waals surface area contributed by atoms with Crippen molar-refractivity contribution in [3.8, 4) is 0 Å². The lowest BCUT2D eigenvalue weighted by molar-refractivity contribution is -0.164. The topological polar surface area (TPSA) is 53.0 Å². The van der Waals surface area contributed by atoms with Crippen LogP contribution in [0, 0.1) is 11.6 Å². The first kappa shape index (κ1) is 27.1. The third kappa shape index (κ3) is 5.52. The molecule has 8 heteroatoms. The van der Waals surface area contributed by atoms with Crippen LogP contribution in [-0.2, 0) is 4.74 Å². The molecular formula is C27H33ClF2N2O3. The van der Waals surface area contributed by atoms with Crippen LogP contribution in [0.4, 0.5) is 13.6 Å². The zero-order valence-corrected chi connectivity index (χ0v) is 21.0. The average Bonchev–Trinajstić information content (AvgIpc) is 3.00. The molecule has 0 aromatic heterocycles. The summed E-state index contributed by atoms with van der Waals surface area (Å²) < 4.78 is 32.6. The number of aliphatic hydroxyl groups is 1. The largest absolute Gasteiger partial charge is 0.437 e. The van der Waals surface area contributed by atoms with E-state index in [1.165, 1.54) is 29.2 Å². The maximum atomic E-state index is 13.4. The van der Waals surface area contributed by atoms with Gasteiger partial charge in [-0.3, -0.25) is 4.90 Å². The van der Waals surface area contributed by atoms with Crippen molar-refractivity contribution < 1.29 is 23.4 Å². The van der Waals surface area contributed by atoms with Gasteiger partial charge in [-0.05, 0) is 60.7 Å². The summed E-state index contributed by atoms with van der Waals surface area (Å²) in [5.74, 6) is -0.601. The molecule has 0 saturated carbocycles. The zero-order chi connectivity index (χ0) is 24.3. The quantitative estimate of drug-likeness (QED) is 0.530. The molecule has 0 radical (unpaired) electrons. The summed E-state index contributed by atoms with van der Waals surface area (Å²) in [6.07, 6.45) is 4.29. The Labute approximate surface area is 211 Å². The van der Waals surface area contributed by atoms with E-state index in [1.54, 1.807) is 31.2 Å². The Balaban J connectivity index is 0.00000342. The van der Waals surface area contributed by atoms with Gasteiger partial charge in [0.1, 0.15) is 11.6 Å². The maximum absolute atomic E-state index is 13.4. The molecule has 2 heterocycles. The van der Waals surface area contributed by atoms with Crippen LogP contribution in [0.25, 0.3) is 5.57 Å². The number of hydrogen-bond donors (Lipinski definition) is 1. The minimum atomic E-state index is -1.32. The first-order valence-corrected chi connectivity index (χ1v) is 11.9. The van der Waals surface area contributed by atoms with Gasteiger partial charge in [0, 0.05) is 39.0 Å². The van der Waals surface area contributed by atoms with Crippen LogP contribution in [0.1, 0.15) is 50.7 Å². The number of nitrogens with zero attached hydrogens (tertiary/aromatic N) is 2. The number of benzene rings is 2. The summed E-state index contributed by atoms with van der Waals surface area (Å²) in [4.78, 5) is 16.1. The number of carbonyl (C=O) groups excluding carboxylic acids is 1. The molecule has 2 aliphatic rings. The van der Waals surface area contributed by atoms with Gasteiger partial charge < -0.3 is 14.7 Å². The van der Waals surface area contributed by atoms with Crippen LogP contribution in [0.5, 0.6) is 0 Å². The number of amides is 1. The Kier molecular flexibility index (Phi) is 8.57. The van der Waals surface area contributed by atoms with Crippen LogP contribution in [0.3, 0.4) is 0 Å². The smallest absolute Gasteiger partial charge is 0.412 e. The van der Waals surface area contributed by atoms with E-state index >= 15 is 0 Å². The highest BCUT2D eigenvalue weighted by Gasteiger charge is 2.62. The van der Waals surface area contributed by atoms with Crippen LogP contribution in [-0.4, -0.2) is 58.5 Å². The van der Waals surface area contributed by atoms with Crippen molar-refractivity contribution in [2.45, 2.75) is 50.9 Å². The Morgan fingerprint density at radius 3 is 2.00 bits per heavy atom. The summed E-state index contributed by atoms with van der Waals surface area (Å²) in [5, 5.41) is 11.2. The SMILES string of the molecule is CCCN1C(=O)OC2(CCN(CCC=C(c3ccc(F)cc3)c3ccc(F)cc3)CC2)C1(C)O.Cl. The fourth-order valence-corrected chi connectivity index (χ4v) is 5.04. The minimum absolute atomic E-state index is 0. The fraction of sp³-hybridized carbons (Fsp3) is 0.444. The number of halogens is 3. The lowest BCUT2D eigenvalue weighted by atomic mass is 9.82. The molecule has 0 aliphatic carbocycles. The first-order valence-electron chi connectivity index (χ1n) is 11.9. The number of rotatable bonds is 7. The second-order valence-electron chi connectivity index (χ2n) is 9.30. The average molecular weight is 507 g/mol. The molecule has 1 N–H and O–H groups in total. The van der Waals surface area contributed by atoms with Gasteiger partial charge in [0.2, 0.25) is 0 Å². The first-order chi connectivity index (χ1) is 16.3. The predicted molar refractivity (Wildman–Crippen MR) is 134 cm³/mol. The fourth-order valence-electron chi connectivity index (χ4n) is 5.04. The van der Waals surface area contributed by atoms with Crippen molar-refractivity contribution in [1.82, 2.24) is 9.80 Å². The molecule has 2 aliphatic heterocycles. The highest BCUT2D eigenvalue weighted by Crippen LogP contribution is 2.44. The minimum Gasteiger partial charge on any atom is -0.437 e. The highest BCUT2D eigenvalue weighted by atomic mass is 35.5. The third-order valence-electron chi connectivity index (χ3n) is 7.11. The van der Waals surface area contributed by atoms with Gasteiger partial charge in [-0.2, -0.15) is 0 Å². The molecule has 2 saturated heterocycles. The van der Waals surface area contributed by atoms with Gasteiger partial charge in [0.15, 0.2) is 11.3 Å². The van der Waals surface area contributed by atoms with Crippen molar-refractivity contribution in [3.05, 3.63) is 77.4 Å². The van der Waals surface area contributed by atoms with Crippen LogP contribution < -0.4 is 0 Å². The van der Waals surface area contributed by atoms with E-state index in [1.807, 2.05) is 6.92 Å². The van der Waals surface area contributed by atoms with Gasteiger partial charge in [0.05, 0.1) is 0 Å². The van der Waals surface area contributed by atoms with E-state index in [-0.39, 0.29) is 24.0 Å². The predicted octanol–water partition coefficient (Wildman–Crippen LogP) is 5.61. The molecule has 4 rings (SSSR count). The normalized spacial score (nSPS) is 21.5. The molecule has 2 aromatic carbocycles. The molecular weight excluding hydrogens is 474 g/mol. The van der Waals surface area contributed by atoms with Gasteiger partial charge in [-0.1, -0.05) is 37.3 Å². The van der Waals surface area contributed by atoms with Crippen molar-refractivity contribution in [2.24, 2.45) is 0 Å². The van der Waals surface area contributed by atoms with Crippen molar-refractivity contribution in [1.29, 1.82) is 0 Å². The van der Waals surface area contributed by atoms with Crippen LogP contribution >= 0.6 is 12.4 Å². The summed E-state index contributed by atoms with van der Waals surface area (Å²) in [7, 11) is 0. The number of likely N-dealkylation sites (tertiary alicyclic amines) is 1.